The van der Waals surface area contributed by atoms with Crippen LogP contribution in [-0.4, -0.2) is 67.6 Å². The van der Waals surface area contributed by atoms with E-state index in [1.54, 1.807) is 46.1 Å². The Morgan fingerprint density at radius 1 is 1.22 bits per heavy atom. The van der Waals surface area contributed by atoms with E-state index in [0.717, 1.165) is 12.8 Å². The van der Waals surface area contributed by atoms with Crippen LogP contribution in [0.15, 0.2) is 30.6 Å². The lowest BCUT2D eigenvalue weighted by atomic mass is 9.89. The van der Waals surface area contributed by atoms with Crippen molar-refractivity contribution in [3.05, 3.63) is 36.2 Å². The van der Waals surface area contributed by atoms with E-state index in [0.29, 0.717) is 36.0 Å². The molecule has 2 amide bonds. The minimum Gasteiger partial charge on any atom is -0.473 e. The zero-order valence-electron chi connectivity index (χ0n) is 21.3. The summed E-state index contributed by atoms with van der Waals surface area (Å²) in [5, 5.41) is 20.3. The minimum atomic E-state index is -0.706. The normalized spacial score (nSPS) is 19.2. The highest BCUT2D eigenvalue weighted by molar-refractivity contribution is 6.00. The van der Waals surface area contributed by atoms with E-state index in [2.05, 4.69) is 25.7 Å². The number of rotatable bonds is 7. The average Bonchev–Trinajstić information content (AvgIpc) is 3.56. The van der Waals surface area contributed by atoms with Crippen LogP contribution in [0.1, 0.15) is 56.8 Å². The van der Waals surface area contributed by atoms with Crippen molar-refractivity contribution in [2.24, 2.45) is 0 Å². The summed E-state index contributed by atoms with van der Waals surface area (Å²) in [4.78, 5) is 36.2. The number of hydrogen-bond donors (Lipinski definition) is 3. The van der Waals surface area contributed by atoms with Gasteiger partial charge in [0.05, 0.1) is 18.3 Å². The van der Waals surface area contributed by atoms with Crippen molar-refractivity contribution >= 4 is 35.0 Å². The zero-order chi connectivity index (χ0) is 26.3. The van der Waals surface area contributed by atoms with Crippen molar-refractivity contribution in [3.8, 4) is 5.88 Å². The SMILES string of the molecule is CN(C(=O)OC(C)(C)C)c1cc(Nc2cccnc2OC2CC2)nc2c(C(=O)N[C@@H]3CC[C@H]3O)cnn12. The number of carbonyl (C=O) groups is 2. The molecule has 0 radical (unpaired) electrons. The predicted octanol–water partition coefficient (Wildman–Crippen LogP) is 3.03. The fourth-order valence-electron chi connectivity index (χ4n) is 3.79. The third kappa shape index (κ3) is 5.43. The first-order chi connectivity index (χ1) is 17.6. The second-order valence-corrected chi connectivity index (χ2v) is 10.4. The standard InChI is InChI=1S/C25H31N7O5/c1-25(2,3)37-24(35)31(4)20-12-19(28-17-6-5-11-26-23(17)36-14-7-8-14)30-21-15(13-27-32(20)21)22(34)29-16-9-10-18(16)33/h5-6,11-14,16,18,33H,7-10H2,1-4H3,(H,28,30)(H,29,34)/t16-,18-/m1/s1. The molecule has 0 aromatic carbocycles. The maximum atomic E-state index is 13.1. The van der Waals surface area contributed by atoms with Gasteiger partial charge in [0.25, 0.3) is 5.91 Å². The van der Waals surface area contributed by atoms with Gasteiger partial charge >= 0.3 is 6.09 Å². The first-order valence-corrected chi connectivity index (χ1v) is 12.3. The summed E-state index contributed by atoms with van der Waals surface area (Å²) >= 11 is 0. The van der Waals surface area contributed by atoms with Crippen LogP contribution in [0, 0.1) is 0 Å². The van der Waals surface area contributed by atoms with Gasteiger partial charge in [-0.15, -0.1) is 0 Å². The summed E-state index contributed by atoms with van der Waals surface area (Å²) in [6, 6.07) is 4.91. The van der Waals surface area contributed by atoms with E-state index >= 15 is 0 Å². The number of nitrogens with one attached hydrogen (secondary N) is 2. The molecule has 2 aliphatic carbocycles. The quantitative estimate of drug-likeness (QED) is 0.438. The molecule has 2 aliphatic rings. The number of nitrogens with zero attached hydrogens (tertiary/aromatic N) is 5. The van der Waals surface area contributed by atoms with Gasteiger partial charge in [0.1, 0.15) is 34.6 Å². The number of aromatic nitrogens is 4. The molecule has 0 aliphatic heterocycles. The van der Waals surface area contributed by atoms with Gasteiger partial charge in [0.15, 0.2) is 5.65 Å². The van der Waals surface area contributed by atoms with Crippen molar-refractivity contribution in [1.29, 1.82) is 0 Å². The molecule has 2 atom stereocenters. The van der Waals surface area contributed by atoms with Crippen LogP contribution >= 0.6 is 0 Å². The Balaban J connectivity index is 1.53. The van der Waals surface area contributed by atoms with Gasteiger partial charge in [-0.25, -0.2) is 14.8 Å². The molecule has 0 saturated heterocycles. The molecule has 2 saturated carbocycles. The molecule has 3 heterocycles. The first-order valence-electron chi connectivity index (χ1n) is 12.3. The third-order valence-corrected chi connectivity index (χ3v) is 6.10. The molecule has 2 fully saturated rings. The lowest BCUT2D eigenvalue weighted by Crippen LogP contribution is -2.50. The van der Waals surface area contributed by atoms with Crippen LogP contribution in [0.3, 0.4) is 0 Å². The number of fused-ring (bicyclic) bond motifs is 1. The summed E-state index contributed by atoms with van der Waals surface area (Å²) in [6.45, 7) is 5.34. The fourth-order valence-corrected chi connectivity index (χ4v) is 3.79. The molecule has 3 aromatic rings. The Bertz CT molecular complexity index is 1330. The topological polar surface area (TPSA) is 143 Å². The average molecular weight is 510 g/mol. The Labute approximate surface area is 214 Å². The highest BCUT2D eigenvalue weighted by atomic mass is 16.6. The third-order valence-electron chi connectivity index (χ3n) is 6.10. The summed E-state index contributed by atoms with van der Waals surface area (Å²) in [6.07, 6.45) is 5.33. The van der Waals surface area contributed by atoms with Crippen molar-refractivity contribution in [1.82, 2.24) is 24.9 Å². The summed E-state index contributed by atoms with van der Waals surface area (Å²) < 4.78 is 12.9. The number of ether oxygens (including phenoxy) is 2. The molecule has 5 rings (SSSR count). The lowest BCUT2D eigenvalue weighted by Gasteiger charge is -2.32. The Morgan fingerprint density at radius 3 is 2.65 bits per heavy atom. The summed E-state index contributed by atoms with van der Waals surface area (Å²) in [7, 11) is 1.56. The van der Waals surface area contributed by atoms with Gasteiger partial charge in [-0.05, 0) is 58.6 Å². The van der Waals surface area contributed by atoms with Crippen LogP contribution in [0.4, 0.5) is 22.1 Å². The predicted molar refractivity (Wildman–Crippen MR) is 135 cm³/mol. The number of aliphatic hydroxyl groups is 1. The molecule has 3 aromatic heterocycles. The van der Waals surface area contributed by atoms with Gasteiger partial charge in [-0.2, -0.15) is 9.61 Å². The minimum absolute atomic E-state index is 0.145. The fraction of sp³-hybridized carbons (Fsp3) is 0.480. The van der Waals surface area contributed by atoms with Gasteiger partial charge in [0, 0.05) is 19.3 Å². The van der Waals surface area contributed by atoms with E-state index in [-0.39, 0.29) is 23.4 Å². The number of carbonyl (C=O) groups excluding carboxylic acids is 2. The Morgan fingerprint density at radius 2 is 2.00 bits per heavy atom. The number of aliphatic hydroxyl groups excluding tert-OH is 1. The van der Waals surface area contributed by atoms with E-state index in [1.165, 1.54) is 15.6 Å². The van der Waals surface area contributed by atoms with E-state index in [4.69, 9.17) is 9.47 Å². The number of amides is 2. The maximum Gasteiger partial charge on any atom is 0.415 e. The Kier molecular flexibility index (Phi) is 6.36. The largest absolute Gasteiger partial charge is 0.473 e. The second kappa shape index (κ2) is 9.51. The number of anilines is 3. The molecule has 196 valence electrons. The van der Waals surface area contributed by atoms with Gasteiger partial charge in [0.2, 0.25) is 5.88 Å². The van der Waals surface area contributed by atoms with Crippen molar-refractivity contribution in [2.75, 3.05) is 17.3 Å². The molecule has 12 heteroatoms. The monoisotopic (exact) mass is 509 g/mol. The molecule has 12 nitrogen and oxygen atoms in total. The highest BCUT2D eigenvalue weighted by Crippen LogP contribution is 2.32. The second-order valence-electron chi connectivity index (χ2n) is 10.4. The maximum absolute atomic E-state index is 13.1. The lowest BCUT2D eigenvalue weighted by molar-refractivity contribution is 0.0448. The number of pyridine rings is 1. The molecule has 37 heavy (non-hydrogen) atoms. The van der Waals surface area contributed by atoms with Crippen molar-refractivity contribution in [2.45, 2.75) is 70.3 Å². The van der Waals surface area contributed by atoms with Gasteiger partial charge in [-0.1, -0.05) is 0 Å². The van der Waals surface area contributed by atoms with E-state index < -0.39 is 23.7 Å². The number of hydrogen-bond acceptors (Lipinski definition) is 9. The van der Waals surface area contributed by atoms with Crippen LogP contribution in [0.25, 0.3) is 5.65 Å². The van der Waals surface area contributed by atoms with Crippen LogP contribution in [0.5, 0.6) is 5.88 Å². The van der Waals surface area contributed by atoms with Gasteiger partial charge in [-0.3, -0.25) is 9.69 Å². The molecule has 0 bridgehead atoms. The van der Waals surface area contributed by atoms with Crippen LogP contribution < -0.4 is 20.3 Å². The molecule has 3 N–H and O–H groups in total. The first kappa shape index (κ1) is 24.8. The van der Waals surface area contributed by atoms with E-state index in [9.17, 15) is 14.7 Å². The molecule has 0 spiro atoms. The molecular formula is C25H31N7O5. The smallest absolute Gasteiger partial charge is 0.415 e. The zero-order valence-corrected chi connectivity index (χ0v) is 21.3. The van der Waals surface area contributed by atoms with Gasteiger partial charge < -0.3 is 25.2 Å². The summed E-state index contributed by atoms with van der Waals surface area (Å²) in [5.74, 6) is 0.718. The Hall–Kier alpha value is -3.93. The molecular weight excluding hydrogens is 478 g/mol. The van der Waals surface area contributed by atoms with Crippen LogP contribution in [0.2, 0.25) is 0 Å². The van der Waals surface area contributed by atoms with Crippen molar-refractivity contribution < 1.29 is 24.2 Å². The van der Waals surface area contributed by atoms with Crippen molar-refractivity contribution in [3.63, 3.8) is 0 Å². The molecule has 0 unspecified atom stereocenters. The highest BCUT2D eigenvalue weighted by Gasteiger charge is 2.32. The summed E-state index contributed by atoms with van der Waals surface area (Å²) in [5.41, 5.74) is 0.333. The van der Waals surface area contributed by atoms with E-state index in [1.807, 2.05) is 6.07 Å². The van der Waals surface area contributed by atoms with Crippen LogP contribution in [-0.2, 0) is 4.74 Å².